The Balaban J connectivity index is 1.86. The number of hydrogen-bond donors (Lipinski definition) is 2. The maximum absolute atomic E-state index is 13.0. The van der Waals surface area contributed by atoms with Crippen LogP contribution >= 0.6 is 0 Å². The molecule has 1 unspecified atom stereocenters. The molecule has 1 amide bonds. The van der Waals surface area contributed by atoms with E-state index in [0.717, 1.165) is 22.9 Å². The Morgan fingerprint density at radius 3 is 2.44 bits per heavy atom. The van der Waals surface area contributed by atoms with Crippen LogP contribution in [0.3, 0.4) is 0 Å². The third-order valence-corrected chi connectivity index (χ3v) is 8.09. The molecule has 0 aliphatic heterocycles. The van der Waals surface area contributed by atoms with Gasteiger partial charge in [-0.15, -0.1) is 0 Å². The van der Waals surface area contributed by atoms with E-state index in [-0.39, 0.29) is 18.5 Å². The van der Waals surface area contributed by atoms with E-state index >= 15 is 0 Å². The van der Waals surface area contributed by atoms with Crippen molar-refractivity contribution < 1.29 is 23.3 Å². The third-order valence-electron chi connectivity index (χ3n) is 6.06. The summed E-state index contributed by atoms with van der Waals surface area (Å²) in [5, 5.41) is 11.0. The molecule has 0 aliphatic rings. The molecule has 11 heteroatoms. The zero-order valence-electron chi connectivity index (χ0n) is 19.5. The highest BCUT2D eigenvalue weighted by atomic mass is 32.2. The molecule has 3 rings (SSSR count). The summed E-state index contributed by atoms with van der Waals surface area (Å²) in [4.78, 5) is 34.5. The first-order valence-corrected chi connectivity index (χ1v) is 12.4. The van der Waals surface area contributed by atoms with Crippen LogP contribution in [0.5, 0.6) is 0 Å². The van der Waals surface area contributed by atoms with Crippen molar-refractivity contribution in [1.29, 1.82) is 0 Å². The Bertz CT molecular complexity index is 1350. The molecule has 182 valence electrons. The number of carbonyl (C=O) groups excluding carboxylic acids is 1. The fraction of sp³-hybridized carbons (Fsp3) is 0.348. The molecule has 10 nitrogen and oxygen atoms in total. The minimum absolute atomic E-state index is 0.0715. The van der Waals surface area contributed by atoms with Crippen LogP contribution < -0.4 is 11.0 Å². The first kappa shape index (κ1) is 25.5. The smallest absolute Gasteiger partial charge is 0.264 e. The van der Waals surface area contributed by atoms with E-state index in [1.807, 2.05) is 43.4 Å². The SMILES string of the molecule is CON(C)Cc1ccc(-c2ccc3c(=O)n(CCC(C)(C(=O)NO)S(C)(=O)=O)cnc3c2)cc1. The summed E-state index contributed by atoms with van der Waals surface area (Å²) in [6, 6.07) is 13.3. The second-order valence-electron chi connectivity index (χ2n) is 8.33. The summed E-state index contributed by atoms with van der Waals surface area (Å²) >= 11 is 0. The molecule has 0 bridgehead atoms. The standard InChI is InChI=1S/C23H28N4O6S/c1-23(22(29)25-30,34(4,31)32)11-12-27-15-24-20-13-18(9-10-19(20)21(27)28)17-7-5-16(6-8-17)14-26(2)33-3/h5-10,13,15,30H,11-12,14H2,1-4H3,(H,25,29). The Labute approximate surface area is 197 Å². The lowest BCUT2D eigenvalue weighted by molar-refractivity contribution is -0.131. The van der Waals surface area contributed by atoms with Gasteiger partial charge in [-0.05, 0) is 42.2 Å². The van der Waals surface area contributed by atoms with Crippen molar-refractivity contribution in [3.05, 3.63) is 64.7 Å². The van der Waals surface area contributed by atoms with Gasteiger partial charge in [0.05, 0.1) is 24.3 Å². The van der Waals surface area contributed by atoms with Gasteiger partial charge in [-0.2, -0.15) is 5.06 Å². The molecule has 2 aromatic carbocycles. The van der Waals surface area contributed by atoms with Crippen LogP contribution in [0, 0.1) is 0 Å². The van der Waals surface area contributed by atoms with Crippen LogP contribution in [-0.2, 0) is 32.6 Å². The Morgan fingerprint density at radius 2 is 1.85 bits per heavy atom. The van der Waals surface area contributed by atoms with Crippen LogP contribution in [0.2, 0.25) is 0 Å². The van der Waals surface area contributed by atoms with Crippen LogP contribution in [0.1, 0.15) is 18.9 Å². The molecular weight excluding hydrogens is 460 g/mol. The third kappa shape index (κ3) is 5.17. The molecule has 0 fully saturated rings. The molecule has 0 aliphatic carbocycles. The van der Waals surface area contributed by atoms with E-state index < -0.39 is 20.5 Å². The van der Waals surface area contributed by atoms with Crippen LogP contribution in [-0.4, -0.2) is 59.3 Å². The number of aryl methyl sites for hydroxylation is 1. The van der Waals surface area contributed by atoms with Crippen molar-refractivity contribution >= 4 is 26.6 Å². The van der Waals surface area contributed by atoms with Gasteiger partial charge in [0.1, 0.15) is 0 Å². The fourth-order valence-corrected chi connectivity index (χ4v) is 4.39. The van der Waals surface area contributed by atoms with Gasteiger partial charge in [0.25, 0.3) is 11.5 Å². The summed E-state index contributed by atoms with van der Waals surface area (Å²) in [7, 11) is -0.409. The van der Waals surface area contributed by atoms with E-state index in [2.05, 4.69) is 4.98 Å². The van der Waals surface area contributed by atoms with Crippen LogP contribution in [0.4, 0.5) is 0 Å². The molecule has 0 spiro atoms. The number of nitrogens with zero attached hydrogens (tertiary/aromatic N) is 3. The summed E-state index contributed by atoms with van der Waals surface area (Å²) in [5.74, 6) is -1.05. The first-order chi connectivity index (χ1) is 16.0. The molecule has 2 N–H and O–H groups in total. The average molecular weight is 489 g/mol. The van der Waals surface area contributed by atoms with Crippen LogP contribution in [0.25, 0.3) is 22.0 Å². The first-order valence-electron chi connectivity index (χ1n) is 10.5. The highest BCUT2D eigenvalue weighted by Gasteiger charge is 2.43. The second-order valence-corrected chi connectivity index (χ2v) is 10.8. The number of hydroxylamine groups is 3. The molecule has 1 heterocycles. The number of aromatic nitrogens is 2. The van der Waals surface area contributed by atoms with Crippen molar-refractivity contribution in [3.8, 4) is 11.1 Å². The quantitative estimate of drug-likeness (QED) is 0.344. The van der Waals surface area contributed by atoms with Gasteiger partial charge in [-0.25, -0.2) is 18.9 Å². The van der Waals surface area contributed by atoms with E-state index in [9.17, 15) is 18.0 Å². The van der Waals surface area contributed by atoms with Gasteiger partial charge >= 0.3 is 0 Å². The summed E-state index contributed by atoms with van der Waals surface area (Å²) < 4.78 is 23.7. The summed E-state index contributed by atoms with van der Waals surface area (Å²) in [5.41, 5.74) is 4.50. The molecule has 1 aromatic heterocycles. The second kappa shape index (κ2) is 10.0. The minimum Gasteiger partial charge on any atom is -0.302 e. The summed E-state index contributed by atoms with van der Waals surface area (Å²) in [6.07, 6.45) is 2.03. The highest BCUT2D eigenvalue weighted by Crippen LogP contribution is 2.24. The van der Waals surface area contributed by atoms with E-state index in [4.69, 9.17) is 10.0 Å². The van der Waals surface area contributed by atoms with Crippen molar-refractivity contribution in [2.75, 3.05) is 20.4 Å². The van der Waals surface area contributed by atoms with Crippen molar-refractivity contribution in [1.82, 2.24) is 20.1 Å². The van der Waals surface area contributed by atoms with Crippen molar-refractivity contribution in [2.45, 2.75) is 31.2 Å². The van der Waals surface area contributed by atoms with Crippen molar-refractivity contribution in [2.24, 2.45) is 0 Å². The highest BCUT2D eigenvalue weighted by molar-refractivity contribution is 7.92. The fourth-order valence-electron chi connectivity index (χ4n) is 3.54. The molecule has 3 aromatic rings. The van der Waals surface area contributed by atoms with Gasteiger partial charge in [0.2, 0.25) is 0 Å². The molecule has 1 atom stereocenters. The predicted molar refractivity (Wildman–Crippen MR) is 128 cm³/mol. The predicted octanol–water partition coefficient (Wildman–Crippen LogP) is 1.76. The zero-order valence-corrected chi connectivity index (χ0v) is 20.3. The molecule has 0 saturated heterocycles. The average Bonchev–Trinajstić information content (AvgIpc) is 2.82. The van der Waals surface area contributed by atoms with Gasteiger partial charge < -0.3 is 4.84 Å². The molecule has 34 heavy (non-hydrogen) atoms. The Kier molecular flexibility index (Phi) is 7.51. The molecule has 0 radical (unpaired) electrons. The van der Waals surface area contributed by atoms with Crippen LogP contribution in [0.15, 0.2) is 53.6 Å². The number of hydrogen-bond acceptors (Lipinski definition) is 8. The number of rotatable bonds is 9. The Hall–Kier alpha value is -3.12. The van der Waals surface area contributed by atoms with E-state index in [0.29, 0.717) is 17.4 Å². The van der Waals surface area contributed by atoms with E-state index in [1.165, 1.54) is 23.3 Å². The lowest BCUT2D eigenvalue weighted by Gasteiger charge is -2.25. The monoisotopic (exact) mass is 488 g/mol. The number of benzene rings is 2. The number of carbonyl (C=O) groups is 1. The zero-order chi connectivity index (χ0) is 25.1. The number of amides is 1. The molecular formula is C23H28N4O6S. The van der Waals surface area contributed by atoms with Crippen molar-refractivity contribution in [3.63, 3.8) is 0 Å². The summed E-state index contributed by atoms with van der Waals surface area (Å²) in [6.45, 7) is 1.78. The van der Waals surface area contributed by atoms with Gasteiger partial charge in [0, 0.05) is 26.4 Å². The van der Waals surface area contributed by atoms with Gasteiger partial charge in [-0.3, -0.25) is 19.4 Å². The lowest BCUT2D eigenvalue weighted by Crippen LogP contribution is -2.50. The normalized spacial score (nSPS) is 13.7. The topological polar surface area (TPSA) is 131 Å². The molecule has 0 saturated carbocycles. The van der Waals surface area contributed by atoms with Gasteiger partial charge in [0.15, 0.2) is 14.6 Å². The largest absolute Gasteiger partial charge is 0.302 e. The van der Waals surface area contributed by atoms with E-state index in [1.54, 1.807) is 18.2 Å². The number of nitrogens with one attached hydrogen (secondary N) is 1. The number of fused-ring (bicyclic) bond motifs is 1. The number of sulfone groups is 1. The Morgan fingerprint density at radius 1 is 1.21 bits per heavy atom. The maximum Gasteiger partial charge on any atom is 0.264 e. The maximum atomic E-state index is 13.0. The lowest BCUT2D eigenvalue weighted by atomic mass is 10.0. The van der Waals surface area contributed by atoms with Gasteiger partial charge in [-0.1, -0.05) is 30.3 Å². The minimum atomic E-state index is -3.87.